The molecule has 1 aliphatic rings. The van der Waals surface area contributed by atoms with Crippen LogP contribution in [0.4, 0.5) is 0 Å². The summed E-state index contributed by atoms with van der Waals surface area (Å²) >= 11 is 0. The van der Waals surface area contributed by atoms with Crippen molar-refractivity contribution in [1.82, 2.24) is 4.90 Å². The normalized spacial score (nSPS) is 18.4. The van der Waals surface area contributed by atoms with Crippen molar-refractivity contribution < 1.29 is 9.59 Å². The van der Waals surface area contributed by atoms with Crippen molar-refractivity contribution in [2.24, 2.45) is 10.8 Å². The third-order valence-electron chi connectivity index (χ3n) is 3.36. The smallest absolute Gasteiger partial charge is 0.251 e. The van der Waals surface area contributed by atoms with E-state index in [0.29, 0.717) is 12.1 Å². The minimum Gasteiger partial charge on any atom is -0.331 e. The van der Waals surface area contributed by atoms with Crippen LogP contribution in [0.15, 0.2) is 11.1 Å². The van der Waals surface area contributed by atoms with Crippen LogP contribution < -0.4 is 0 Å². The summed E-state index contributed by atoms with van der Waals surface area (Å²) in [5.74, 6) is 0.143. The molecule has 0 aromatic carbocycles. The third-order valence-corrected chi connectivity index (χ3v) is 3.36. The van der Waals surface area contributed by atoms with E-state index < -0.39 is 0 Å². The highest BCUT2D eigenvalue weighted by Crippen LogP contribution is 2.40. The van der Waals surface area contributed by atoms with Crippen molar-refractivity contribution in [1.29, 1.82) is 0 Å². The largest absolute Gasteiger partial charge is 0.331 e. The Morgan fingerprint density at radius 2 is 1.42 bits per heavy atom. The first-order valence-corrected chi connectivity index (χ1v) is 7.07. The molecule has 0 aliphatic carbocycles. The summed E-state index contributed by atoms with van der Waals surface area (Å²) in [5, 5.41) is 0. The topological polar surface area (TPSA) is 37.4 Å². The molecule has 3 nitrogen and oxygen atoms in total. The van der Waals surface area contributed by atoms with E-state index >= 15 is 0 Å². The van der Waals surface area contributed by atoms with Crippen molar-refractivity contribution >= 4 is 11.7 Å². The summed E-state index contributed by atoms with van der Waals surface area (Å²) in [4.78, 5) is 26.9. The molecular formula is C16H27NO2. The van der Waals surface area contributed by atoms with Gasteiger partial charge in [0.2, 0.25) is 0 Å². The van der Waals surface area contributed by atoms with Gasteiger partial charge in [-0.3, -0.25) is 9.59 Å². The van der Waals surface area contributed by atoms with E-state index in [-0.39, 0.29) is 29.1 Å². The monoisotopic (exact) mass is 265 g/mol. The van der Waals surface area contributed by atoms with Gasteiger partial charge >= 0.3 is 0 Å². The Kier molecular flexibility index (Phi) is 4.28. The average molecular weight is 265 g/mol. The summed E-state index contributed by atoms with van der Waals surface area (Å²) in [6, 6.07) is 0. The molecule has 0 unspecified atom stereocenters. The first kappa shape index (κ1) is 15.9. The Morgan fingerprint density at radius 1 is 0.947 bits per heavy atom. The molecular weight excluding hydrogens is 238 g/mol. The molecule has 0 bridgehead atoms. The van der Waals surface area contributed by atoms with Crippen molar-refractivity contribution in [3.63, 3.8) is 0 Å². The standard InChI is InChI=1S/C16H27NO2/c1-8-9-17-10-11(18)12(15(2,3)4)13(14(17)19)16(5,6)7/h8-10H2,1-7H3. The van der Waals surface area contributed by atoms with Crippen LogP contribution >= 0.6 is 0 Å². The molecule has 0 fully saturated rings. The van der Waals surface area contributed by atoms with Gasteiger partial charge in [-0.05, 0) is 17.3 Å². The fourth-order valence-corrected chi connectivity index (χ4v) is 2.67. The lowest BCUT2D eigenvalue weighted by Gasteiger charge is -2.39. The second kappa shape index (κ2) is 5.10. The number of Topliss-reactive ketones (excluding diaryl/α,β-unsaturated/α-hetero) is 1. The Bertz CT molecular complexity index is 419. The van der Waals surface area contributed by atoms with Gasteiger partial charge in [0.1, 0.15) is 0 Å². The van der Waals surface area contributed by atoms with E-state index in [1.54, 1.807) is 4.90 Å². The van der Waals surface area contributed by atoms with E-state index in [1.165, 1.54) is 0 Å². The molecule has 3 heteroatoms. The molecule has 1 amide bonds. The maximum Gasteiger partial charge on any atom is 0.251 e. The van der Waals surface area contributed by atoms with Crippen LogP contribution in [0.5, 0.6) is 0 Å². The van der Waals surface area contributed by atoms with Gasteiger partial charge in [0.05, 0.1) is 6.54 Å². The molecule has 19 heavy (non-hydrogen) atoms. The van der Waals surface area contributed by atoms with Crippen molar-refractivity contribution in [2.45, 2.75) is 54.9 Å². The molecule has 0 radical (unpaired) electrons. The Hall–Kier alpha value is -1.12. The number of nitrogens with zero attached hydrogens (tertiary/aromatic N) is 1. The number of hydrogen-bond acceptors (Lipinski definition) is 2. The summed E-state index contributed by atoms with van der Waals surface area (Å²) in [6.45, 7) is 15.0. The molecule has 0 N–H and O–H groups in total. The van der Waals surface area contributed by atoms with E-state index in [0.717, 1.165) is 12.0 Å². The fraction of sp³-hybridized carbons (Fsp3) is 0.750. The van der Waals surface area contributed by atoms with Crippen molar-refractivity contribution in [2.75, 3.05) is 13.1 Å². The van der Waals surface area contributed by atoms with Gasteiger partial charge in [0.25, 0.3) is 5.91 Å². The maximum absolute atomic E-state index is 12.7. The summed E-state index contributed by atoms with van der Waals surface area (Å²) in [5.41, 5.74) is 0.831. The Morgan fingerprint density at radius 3 is 1.79 bits per heavy atom. The molecule has 108 valence electrons. The zero-order valence-corrected chi connectivity index (χ0v) is 13.4. The van der Waals surface area contributed by atoms with Gasteiger partial charge in [0.15, 0.2) is 5.78 Å². The molecule has 0 aromatic heterocycles. The van der Waals surface area contributed by atoms with E-state index in [2.05, 4.69) is 0 Å². The molecule has 0 saturated heterocycles. The predicted octanol–water partition coefficient (Wildman–Crippen LogP) is 3.20. The van der Waals surface area contributed by atoms with Crippen LogP contribution in [0.25, 0.3) is 0 Å². The number of ketones is 1. The number of carbonyl (C=O) groups is 2. The minimum absolute atomic E-state index is 0.0406. The van der Waals surface area contributed by atoms with E-state index in [9.17, 15) is 9.59 Å². The first-order chi connectivity index (χ1) is 8.50. The quantitative estimate of drug-likeness (QED) is 0.769. The van der Waals surface area contributed by atoms with Gasteiger partial charge in [-0.1, -0.05) is 48.5 Å². The number of rotatable bonds is 2. The highest BCUT2D eigenvalue weighted by Gasteiger charge is 2.41. The lowest BCUT2D eigenvalue weighted by Crippen LogP contribution is -2.47. The van der Waals surface area contributed by atoms with Crippen LogP contribution in [0.2, 0.25) is 0 Å². The van der Waals surface area contributed by atoms with Crippen LogP contribution in [0.3, 0.4) is 0 Å². The number of amides is 1. The summed E-state index contributed by atoms with van der Waals surface area (Å²) in [6.07, 6.45) is 0.876. The van der Waals surface area contributed by atoms with Crippen LogP contribution in [0.1, 0.15) is 54.9 Å². The molecule has 0 atom stereocenters. The molecule has 0 saturated carbocycles. The molecule has 1 rings (SSSR count). The second-order valence-corrected chi connectivity index (χ2v) is 7.40. The van der Waals surface area contributed by atoms with Crippen molar-refractivity contribution in [3.05, 3.63) is 11.1 Å². The molecule has 1 aliphatic heterocycles. The zero-order valence-electron chi connectivity index (χ0n) is 13.4. The average Bonchev–Trinajstić information content (AvgIpc) is 2.19. The van der Waals surface area contributed by atoms with E-state index in [4.69, 9.17) is 0 Å². The van der Waals surface area contributed by atoms with Gasteiger partial charge in [-0.15, -0.1) is 0 Å². The van der Waals surface area contributed by atoms with E-state index in [1.807, 2.05) is 48.5 Å². The Balaban J connectivity index is 3.44. The zero-order chi connectivity index (χ0) is 15.0. The van der Waals surface area contributed by atoms with Gasteiger partial charge < -0.3 is 4.90 Å². The van der Waals surface area contributed by atoms with Gasteiger partial charge in [-0.2, -0.15) is 0 Å². The fourth-order valence-electron chi connectivity index (χ4n) is 2.67. The highest BCUT2D eigenvalue weighted by atomic mass is 16.2. The lowest BCUT2D eigenvalue weighted by molar-refractivity contribution is -0.134. The molecule has 0 aromatic rings. The predicted molar refractivity (Wildman–Crippen MR) is 77.8 cm³/mol. The summed E-state index contributed by atoms with van der Waals surface area (Å²) < 4.78 is 0. The van der Waals surface area contributed by atoms with Gasteiger partial charge in [-0.25, -0.2) is 0 Å². The number of hydrogen-bond donors (Lipinski definition) is 0. The second-order valence-electron chi connectivity index (χ2n) is 7.40. The molecule has 0 spiro atoms. The minimum atomic E-state index is -0.304. The lowest BCUT2D eigenvalue weighted by atomic mass is 9.71. The first-order valence-electron chi connectivity index (χ1n) is 7.07. The SMILES string of the molecule is CCCN1CC(=O)C(C(C)(C)C)=C(C(C)(C)C)C1=O. The third kappa shape index (κ3) is 3.26. The van der Waals surface area contributed by atoms with Gasteiger partial charge in [0, 0.05) is 17.7 Å². The summed E-state index contributed by atoms with van der Waals surface area (Å²) in [7, 11) is 0. The van der Waals surface area contributed by atoms with Crippen LogP contribution in [-0.2, 0) is 9.59 Å². The van der Waals surface area contributed by atoms with Crippen LogP contribution in [-0.4, -0.2) is 29.7 Å². The highest BCUT2D eigenvalue weighted by molar-refractivity contribution is 6.12. The molecule has 1 heterocycles. The van der Waals surface area contributed by atoms with Crippen LogP contribution in [0, 0.1) is 10.8 Å². The number of carbonyl (C=O) groups excluding carboxylic acids is 2. The van der Waals surface area contributed by atoms with Crippen molar-refractivity contribution in [3.8, 4) is 0 Å². The maximum atomic E-state index is 12.7. The Labute approximate surface area is 117 Å².